The zero-order chi connectivity index (χ0) is 20.6. The van der Waals surface area contributed by atoms with Crippen LogP contribution in [-0.2, 0) is 6.54 Å². The minimum atomic E-state index is -4.76. The first kappa shape index (κ1) is 24.9. The molecular formula is C17H21F3IN5O2S. The lowest BCUT2D eigenvalue weighted by molar-refractivity contribution is -0.274. The molecule has 3 N–H and O–H groups in total. The SMILES string of the molecule is CN=C(NCCNC(=O)c1scnc1C)NCc1ccccc1OC(F)(F)F.I. The number of aromatic nitrogens is 1. The Kier molecular flexibility index (Phi) is 10.2. The van der Waals surface area contributed by atoms with Crippen LogP contribution in [0.2, 0.25) is 0 Å². The van der Waals surface area contributed by atoms with E-state index in [0.29, 0.717) is 35.2 Å². The Morgan fingerprint density at radius 1 is 1.21 bits per heavy atom. The van der Waals surface area contributed by atoms with Crippen molar-refractivity contribution in [1.82, 2.24) is 20.9 Å². The summed E-state index contributed by atoms with van der Waals surface area (Å²) in [6, 6.07) is 5.86. The first-order valence-corrected chi connectivity index (χ1v) is 9.14. The smallest absolute Gasteiger partial charge is 0.405 e. The summed E-state index contributed by atoms with van der Waals surface area (Å²) in [6.07, 6.45) is -4.76. The number of benzene rings is 1. The number of hydrogen-bond acceptors (Lipinski definition) is 5. The number of alkyl halides is 3. The van der Waals surface area contributed by atoms with Crippen molar-refractivity contribution in [1.29, 1.82) is 0 Å². The van der Waals surface area contributed by atoms with Gasteiger partial charge in [0.15, 0.2) is 5.96 Å². The van der Waals surface area contributed by atoms with Crippen LogP contribution >= 0.6 is 35.3 Å². The molecule has 0 spiro atoms. The van der Waals surface area contributed by atoms with E-state index in [9.17, 15) is 18.0 Å². The van der Waals surface area contributed by atoms with E-state index in [0.717, 1.165) is 0 Å². The van der Waals surface area contributed by atoms with Gasteiger partial charge in [0.1, 0.15) is 10.6 Å². The molecule has 160 valence electrons. The molecule has 0 bridgehead atoms. The summed E-state index contributed by atoms with van der Waals surface area (Å²) < 4.78 is 41.4. The van der Waals surface area contributed by atoms with Gasteiger partial charge in [0.05, 0.1) is 11.2 Å². The van der Waals surface area contributed by atoms with Crippen LogP contribution in [0.5, 0.6) is 5.75 Å². The number of hydrogen-bond donors (Lipinski definition) is 3. The third-order valence-electron chi connectivity index (χ3n) is 3.52. The largest absolute Gasteiger partial charge is 0.573 e. The zero-order valence-corrected chi connectivity index (χ0v) is 18.8. The molecule has 0 unspecified atom stereocenters. The van der Waals surface area contributed by atoms with Crippen LogP contribution in [0.1, 0.15) is 20.9 Å². The fourth-order valence-corrected chi connectivity index (χ4v) is 2.95. The van der Waals surface area contributed by atoms with Gasteiger partial charge in [0.25, 0.3) is 5.91 Å². The average Bonchev–Trinajstić information content (AvgIpc) is 3.07. The summed E-state index contributed by atoms with van der Waals surface area (Å²) in [4.78, 5) is 20.6. The molecule has 0 saturated heterocycles. The van der Waals surface area contributed by atoms with Gasteiger partial charge in [0.2, 0.25) is 0 Å². The minimum Gasteiger partial charge on any atom is -0.405 e. The number of thiazole rings is 1. The molecule has 29 heavy (non-hydrogen) atoms. The third kappa shape index (κ3) is 8.43. The Bertz CT molecular complexity index is 829. The Morgan fingerprint density at radius 3 is 2.52 bits per heavy atom. The van der Waals surface area contributed by atoms with Crippen LogP contribution < -0.4 is 20.7 Å². The number of amides is 1. The van der Waals surface area contributed by atoms with Crippen LogP contribution in [0.3, 0.4) is 0 Å². The second kappa shape index (κ2) is 11.8. The maximum absolute atomic E-state index is 12.5. The Balaban J connectivity index is 0.00000420. The summed E-state index contributed by atoms with van der Waals surface area (Å²) in [5, 5.41) is 8.63. The number of guanidine groups is 1. The van der Waals surface area contributed by atoms with Crippen molar-refractivity contribution < 1.29 is 22.7 Å². The maximum atomic E-state index is 12.5. The number of ether oxygens (including phenoxy) is 1. The van der Waals surface area contributed by atoms with Crippen LogP contribution in [0.4, 0.5) is 13.2 Å². The van der Waals surface area contributed by atoms with Gasteiger partial charge in [-0.3, -0.25) is 9.79 Å². The standard InChI is InChI=1S/C17H20F3N5O2S.HI/c1-11-14(28-10-25-11)15(26)22-7-8-23-16(21-2)24-9-12-5-3-4-6-13(12)27-17(18,19)20;/h3-6,10H,7-9H2,1-2H3,(H,22,26)(H2,21,23,24);1H. The summed E-state index contributed by atoms with van der Waals surface area (Å²) in [5.41, 5.74) is 2.61. The molecule has 0 radical (unpaired) electrons. The predicted molar refractivity (Wildman–Crippen MR) is 116 cm³/mol. The second-order valence-electron chi connectivity index (χ2n) is 5.53. The van der Waals surface area contributed by atoms with Gasteiger partial charge >= 0.3 is 6.36 Å². The lowest BCUT2D eigenvalue weighted by Crippen LogP contribution is -2.41. The number of nitrogens with zero attached hydrogens (tertiary/aromatic N) is 2. The van der Waals surface area contributed by atoms with E-state index in [1.165, 1.54) is 36.6 Å². The summed E-state index contributed by atoms with van der Waals surface area (Å²) in [5.74, 6) is -0.0989. The Labute approximate surface area is 187 Å². The number of aryl methyl sites for hydroxylation is 1. The molecule has 12 heteroatoms. The van der Waals surface area contributed by atoms with E-state index >= 15 is 0 Å². The molecule has 1 aromatic carbocycles. The molecule has 7 nitrogen and oxygen atoms in total. The lowest BCUT2D eigenvalue weighted by atomic mass is 10.2. The molecular weight excluding hydrogens is 522 g/mol. The number of halogens is 4. The molecule has 1 amide bonds. The summed E-state index contributed by atoms with van der Waals surface area (Å²) >= 11 is 1.27. The number of carbonyl (C=O) groups is 1. The fraction of sp³-hybridized carbons (Fsp3) is 0.353. The third-order valence-corrected chi connectivity index (χ3v) is 4.45. The van der Waals surface area contributed by atoms with Crippen LogP contribution in [-0.4, -0.2) is 43.4 Å². The van der Waals surface area contributed by atoms with Crippen molar-refractivity contribution in [3.8, 4) is 5.75 Å². The van der Waals surface area contributed by atoms with Crippen molar-refractivity contribution in [2.75, 3.05) is 20.1 Å². The van der Waals surface area contributed by atoms with Gasteiger partial charge in [-0.1, -0.05) is 18.2 Å². The highest BCUT2D eigenvalue weighted by Gasteiger charge is 2.31. The Morgan fingerprint density at radius 2 is 1.90 bits per heavy atom. The first-order valence-electron chi connectivity index (χ1n) is 8.26. The van der Waals surface area contributed by atoms with Crippen LogP contribution in [0.15, 0.2) is 34.8 Å². The van der Waals surface area contributed by atoms with Crippen molar-refractivity contribution >= 4 is 47.2 Å². The molecule has 0 aliphatic heterocycles. The van der Waals surface area contributed by atoms with E-state index < -0.39 is 6.36 Å². The quantitative estimate of drug-likeness (QED) is 0.216. The average molecular weight is 543 g/mol. The number of nitrogens with one attached hydrogen (secondary N) is 3. The highest BCUT2D eigenvalue weighted by Crippen LogP contribution is 2.26. The lowest BCUT2D eigenvalue weighted by Gasteiger charge is -2.15. The first-order chi connectivity index (χ1) is 13.3. The number of rotatable bonds is 7. The summed E-state index contributed by atoms with van der Waals surface area (Å²) in [6.45, 7) is 2.56. The predicted octanol–water partition coefficient (Wildman–Crippen LogP) is 3.06. The minimum absolute atomic E-state index is 0. The van der Waals surface area contributed by atoms with Crippen molar-refractivity contribution in [3.63, 3.8) is 0 Å². The Hall–Kier alpha value is -2.09. The molecule has 1 heterocycles. The van der Waals surface area contributed by atoms with Gasteiger partial charge in [-0.25, -0.2) is 4.98 Å². The highest BCUT2D eigenvalue weighted by atomic mass is 127. The molecule has 0 saturated carbocycles. The number of carbonyl (C=O) groups excluding carboxylic acids is 1. The van der Waals surface area contributed by atoms with Crippen molar-refractivity contribution in [3.05, 3.63) is 45.9 Å². The maximum Gasteiger partial charge on any atom is 0.573 e. The highest BCUT2D eigenvalue weighted by molar-refractivity contribution is 14.0. The van der Waals surface area contributed by atoms with Crippen LogP contribution in [0, 0.1) is 6.92 Å². The van der Waals surface area contributed by atoms with Crippen molar-refractivity contribution in [2.24, 2.45) is 4.99 Å². The van der Waals surface area contributed by atoms with Crippen molar-refractivity contribution in [2.45, 2.75) is 19.8 Å². The zero-order valence-electron chi connectivity index (χ0n) is 15.7. The van der Waals surface area contributed by atoms with Gasteiger partial charge in [-0.05, 0) is 13.0 Å². The molecule has 0 aliphatic carbocycles. The number of aliphatic imine (C=N–C) groups is 1. The van der Waals surface area contributed by atoms with E-state index in [2.05, 4.69) is 30.7 Å². The second-order valence-corrected chi connectivity index (χ2v) is 6.39. The van der Waals surface area contributed by atoms with E-state index in [1.807, 2.05) is 0 Å². The molecule has 0 aliphatic rings. The normalized spacial score (nSPS) is 11.4. The van der Waals surface area contributed by atoms with E-state index in [1.54, 1.807) is 18.5 Å². The number of para-hydroxylation sites is 1. The van der Waals surface area contributed by atoms with E-state index in [-0.39, 0.29) is 42.2 Å². The van der Waals surface area contributed by atoms with Crippen LogP contribution in [0.25, 0.3) is 0 Å². The molecule has 0 fully saturated rings. The van der Waals surface area contributed by atoms with Gasteiger partial charge in [-0.15, -0.1) is 48.5 Å². The summed E-state index contributed by atoms with van der Waals surface area (Å²) in [7, 11) is 1.53. The molecule has 0 atom stereocenters. The monoisotopic (exact) mass is 543 g/mol. The molecule has 1 aromatic heterocycles. The van der Waals surface area contributed by atoms with Gasteiger partial charge in [-0.2, -0.15) is 0 Å². The van der Waals surface area contributed by atoms with Gasteiger partial charge < -0.3 is 20.7 Å². The topological polar surface area (TPSA) is 87.6 Å². The molecule has 2 rings (SSSR count). The fourth-order valence-electron chi connectivity index (χ4n) is 2.23. The molecule has 2 aromatic rings. The van der Waals surface area contributed by atoms with Gasteiger partial charge in [0, 0.05) is 32.2 Å². The van der Waals surface area contributed by atoms with E-state index in [4.69, 9.17) is 0 Å².